The molecule has 0 aliphatic heterocycles. The number of rotatable bonds is 6. The van der Waals surface area contributed by atoms with E-state index in [0.29, 0.717) is 18.5 Å². The number of amides is 1. The van der Waals surface area contributed by atoms with E-state index in [4.69, 9.17) is 5.26 Å². The largest absolute Gasteiger partial charge is 0.352 e. The molecular weight excluding hydrogens is 280 g/mol. The smallest absolute Gasteiger partial charge is 0.221 e. The number of nitriles is 1. The highest BCUT2D eigenvalue weighted by Gasteiger charge is 2.02. The molecule has 2 aromatic rings. The van der Waals surface area contributed by atoms with Crippen molar-refractivity contribution >= 4 is 17.7 Å². The van der Waals surface area contributed by atoms with Crippen LogP contribution >= 0.6 is 11.8 Å². The third-order valence-electron chi connectivity index (χ3n) is 2.89. The van der Waals surface area contributed by atoms with E-state index in [0.717, 1.165) is 11.3 Å². The van der Waals surface area contributed by atoms with E-state index in [-0.39, 0.29) is 5.91 Å². The molecule has 0 aliphatic rings. The van der Waals surface area contributed by atoms with Crippen molar-refractivity contribution in [2.45, 2.75) is 17.9 Å². The summed E-state index contributed by atoms with van der Waals surface area (Å²) in [6.45, 7) is 0.463. The predicted molar refractivity (Wildman–Crippen MR) is 84.8 cm³/mol. The second-order valence-corrected chi connectivity index (χ2v) is 5.67. The van der Waals surface area contributed by atoms with E-state index >= 15 is 0 Å². The summed E-state index contributed by atoms with van der Waals surface area (Å²) in [4.78, 5) is 12.9. The molecule has 0 saturated heterocycles. The van der Waals surface area contributed by atoms with Gasteiger partial charge in [0, 0.05) is 23.6 Å². The molecule has 0 saturated carbocycles. The Morgan fingerprint density at radius 1 is 1.14 bits per heavy atom. The van der Waals surface area contributed by atoms with Gasteiger partial charge in [0.25, 0.3) is 0 Å². The van der Waals surface area contributed by atoms with Crippen LogP contribution in [0.3, 0.4) is 0 Å². The van der Waals surface area contributed by atoms with Crippen molar-refractivity contribution in [1.29, 1.82) is 5.26 Å². The number of nitrogens with zero attached hydrogens (tertiary/aromatic N) is 1. The van der Waals surface area contributed by atoms with Crippen molar-refractivity contribution in [2.24, 2.45) is 0 Å². The average Bonchev–Trinajstić information content (AvgIpc) is 2.54. The van der Waals surface area contributed by atoms with Gasteiger partial charge < -0.3 is 5.32 Å². The number of benzene rings is 2. The van der Waals surface area contributed by atoms with Gasteiger partial charge >= 0.3 is 0 Å². The molecule has 2 rings (SSSR count). The lowest BCUT2D eigenvalue weighted by atomic mass is 10.1. The maximum atomic E-state index is 11.8. The van der Waals surface area contributed by atoms with Crippen molar-refractivity contribution in [2.75, 3.05) is 5.75 Å². The normalized spacial score (nSPS) is 9.86. The van der Waals surface area contributed by atoms with Crippen LogP contribution in [0.5, 0.6) is 0 Å². The summed E-state index contributed by atoms with van der Waals surface area (Å²) in [6.07, 6.45) is 0.484. The number of thioether (sulfide) groups is 1. The third-order valence-corrected chi connectivity index (χ3v) is 3.90. The summed E-state index contributed by atoms with van der Waals surface area (Å²) in [5.41, 5.74) is 1.56. The first-order valence-electron chi connectivity index (χ1n) is 6.71. The Morgan fingerprint density at radius 2 is 1.95 bits per heavy atom. The summed E-state index contributed by atoms with van der Waals surface area (Å²) in [7, 11) is 0. The molecule has 2 aromatic carbocycles. The number of nitrogens with one attached hydrogen (secondary N) is 1. The molecule has 0 atom stereocenters. The van der Waals surface area contributed by atoms with Gasteiger partial charge in [-0.3, -0.25) is 4.79 Å². The molecule has 4 heteroatoms. The molecule has 21 heavy (non-hydrogen) atoms. The zero-order valence-corrected chi connectivity index (χ0v) is 12.4. The zero-order valence-electron chi connectivity index (χ0n) is 11.6. The SMILES string of the molecule is N#Cc1cccc(CNC(=O)CCSc2ccccc2)c1. The molecule has 0 spiro atoms. The molecule has 3 nitrogen and oxygen atoms in total. The number of hydrogen-bond donors (Lipinski definition) is 1. The summed E-state index contributed by atoms with van der Waals surface area (Å²) >= 11 is 1.67. The number of carbonyl (C=O) groups excluding carboxylic acids is 1. The molecule has 0 aliphatic carbocycles. The molecule has 1 amide bonds. The minimum absolute atomic E-state index is 0.0285. The molecule has 106 valence electrons. The maximum Gasteiger partial charge on any atom is 0.221 e. The van der Waals surface area contributed by atoms with E-state index in [2.05, 4.69) is 11.4 Å². The molecular formula is C17H16N2OS. The van der Waals surface area contributed by atoms with E-state index in [1.807, 2.05) is 42.5 Å². The van der Waals surface area contributed by atoms with Gasteiger partial charge in [0.05, 0.1) is 11.6 Å². The highest BCUT2D eigenvalue weighted by Crippen LogP contribution is 2.17. The number of carbonyl (C=O) groups is 1. The Morgan fingerprint density at radius 3 is 2.71 bits per heavy atom. The van der Waals surface area contributed by atoms with Gasteiger partial charge in [0.2, 0.25) is 5.91 Å². The van der Waals surface area contributed by atoms with E-state index in [1.165, 1.54) is 4.90 Å². The lowest BCUT2D eigenvalue weighted by molar-refractivity contribution is -0.120. The maximum absolute atomic E-state index is 11.8. The van der Waals surface area contributed by atoms with Crippen LogP contribution in [0.1, 0.15) is 17.5 Å². The highest BCUT2D eigenvalue weighted by atomic mass is 32.2. The molecule has 0 unspecified atom stereocenters. The standard InChI is InChI=1S/C17H16N2OS/c18-12-14-5-4-6-15(11-14)13-19-17(20)9-10-21-16-7-2-1-3-8-16/h1-8,11H,9-10,13H2,(H,19,20). The summed E-state index contributed by atoms with van der Waals surface area (Å²) < 4.78 is 0. The summed E-state index contributed by atoms with van der Waals surface area (Å²) in [5, 5.41) is 11.7. The fourth-order valence-electron chi connectivity index (χ4n) is 1.82. The Labute approximate surface area is 129 Å². The van der Waals surface area contributed by atoms with Crippen LogP contribution in [0.4, 0.5) is 0 Å². The average molecular weight is 296 g/mol. The van der Waals surface area contributed by atoms with Crippen LogP contribution in [-0.2, 0) is 11.3 Å². The first kappa shape index (κ1) is 15.1. The minimum atomic E-state index is 0.0285. The van der Waals surface area contributed by atoms with Gasteiger partial charge in [0.1, 0.15) is 0 Å². The quantitative estimate of drug-likeness (QED) is 0.832. The fraction of sp³-hybridized carbons (Fsp3) is 0.176. The third kappa shape index (κ3) is 5.33. The van der Waals surface area contributed by atoms with Crippen molar-refractivity contribution in [3.8, 4) is 6.07 Å². The first-order chi connectivity index (χ1) is 10.3. The van der Waals surface area contributed by atoms with E-state index in [1.54, 1.807) is 23.9 Å². The van der Waals surface area contributed by atoms with Crippen molar-refractivity contribution in [1.82, 2.24) is 5.32 Å². The molecule has 0 fully saturated rings. The fourth-order valence-corrected chi connectivity index (χ4v) is 2.69. The van der Waals surface area contributed by atoms with Gasteiger partial charge in [-0.2, -0.15) is 5.26 Å². The molecule has 1 N–H and O–H groups in total. The Bertz CT molecular complexity index is 635. The molecule has 0 heterocycles. The van der Waals surface area contributed by atoms with Crippen LogP contribution in [0, 0.1) is 11.3 Å². The van der Waals surface area contributed by atoms with Crippen LogP contribution in [0.15, 0.2) is 59.5 Å². The molecule has 0 radical (unpaired) electrons. The minimum Gasteiger partial charge on any atom is -0.352 e. The Balaban J connectivity index is 1.71. The predicted octanol–water partition coefficient (Wildman–Crippen LogP) is 3.36. The van der Waals surface area contributed by atoms with Crippen LogP contribution in [0.2, 0.25) is 0 Å². The monoisotopic (exact) mass is 296 g/mol. The van der Waals surface area contributed by atoms with E-state index < -0.39 is 0 Å². The van der Waals surface area contributed by atoms with Crippen LogP contribution < -0.4 is 5.32 Å². The highest BCUT2D eigenvalue weighted by molar-refractivity contribution is 7.99. The lowest BCUT2D eigenvalue weighted by Gasteiger charge is -2.06. The second-order valence-electron chi connectivity index (χ2n) is 4.50. The van der Waals surface area contributed by atoms with Gasteiger partial charge in [-0.05, 0) is 29.8 Å². The summed E-state index contributed by atoms with van der Waals surface area (Å²) in [6, 6.07) is 19.4. The molecule has 0 bridgehead atoms. The Kier molecular flexibility index (Phi) is 5.86. The van der Waals surface area contributed by atoms with Crippen molar-refractivity contribution < 1.29 is 4.79 Å². The van der Waals surface area contributed by atoms with Crippen LogP contribution in [0.25, 0.3) is 0 Å². The Hall–Kier alpha value is -2.25. The van der Waals surface area contributed by atoms with Gasteiger partial charge in [0.15, 0.2) is 0 Å². The van der Waals surface area contributed by atoms with Gasteiger partial charge in [-0.1, -0.05) is 30.3 Å². The van der Waals surface area contributed by atoms with E-state index in [9.17, 15) is 4.79 Å². The lowest BCUT2D eigenvalue weighted by Crippen LogP contribution is -2.23. The topological polar surface area (TPSA) is 52.9 Å². The zero-order chi connectivity index (χ0) is 14.9. The summed E-state index contributed by atoms with van der Waals surface area (Å²) in [5.74, 6) is 0.787. The molecule has 0 aromatic heterocycles. The van der Waals surface area contributed by atoms with Crippen LogP contribution in [-0.4, -0.2) is 11.7 Å². The van der Waals surface area contributed by atoms with Crippen molar-refractivity contribution in [3.05, 3.63) is 65.7 Å². The van der Waals surface area contributed by atoms with Gasteiger partial charge in [-0.15, -0.1) is 11.8 Å². The second kappa shape index (κ2) is 8.13. The van der Waals surface area contributed by atoms with Crippen molar-refractivity contribution in [3.63, 3.8) is 0 Å². The number of hydrogen-bond acceptors (Lipinski definition) is 3. The first-order valence-corrected chi connectivity index (χ1v) is 7.70. The van der Waals surface area contributed by atoms with Gasteiger partial charge in [-0.25, -0.2) is 0 Å².